The lowest BCUT2D eigenvalue weighted by Gasteiger charge is -2.04. The Kier molecular flexibility index (Phi) is 4.09. The highest BCUT2D eigenvalue weighted by Gasteiger charge is 2.15. The van der Waals surface area contributed by atoms with Gasteiger partial charge in [0.2, 0.25) is 0 Å². The Balaban J connectivity index is 1.76. The van der Waals surface area contributed by atoms with Gasteiger partial charge in [-0.3, -0.25) is 19.6 Å². The Morgan fingerprint density at radius 1 is 1.35 bits per heavy atom. The molecule has 0 aromatic carbocycles. The Morgan fingerprint density at radius 2 is 2.22 bits per heavy atom. The molecule has 3 heterocycles. The van der Waals surface area contributed by atoms with Crippen molar-refractivity contribution in [3.8, 4) is 11.4 Å². The van der Waals surface area contributed by atoms with Crippen LogP contribution in [0.1, 0.15) is 10.5 Å². The fourth-order valence-electron chi connectivity index (χ4n) is 2.00. The van der Waals surface area contributed by atoms with E-state index in [1.54, 1.807) is 24.4 Å². The van der Waals surface area contributed by atoms with Crippen LogP contribution in [-0.4, -0.2) is 37.3 Å². The normalized spacial score (nSPS) is 10.9. The van der Waals surface area contributed by atoms with Gasteiger partial charge in [0.05, 0.1) is 17.6 Å². The zero-order valence-corrected chi connectivity index (χ0v) is 11.8. The number of aromatic amines is 1. The number of anilines is 1. The summed E-state index contributed by atoms with van der Waals surface area (Å²) in [5.41, 5.74) is 1.63. The van der Waals surface area contributed by atoms with Gasteiger partial charge in [0.1, 0.15) is 12.2 Å². The lowest BCUT2D eigenvalue weighted by atomic mass is 10.2. The summed E-state index contributed by atoms with van der Waals surface area (Å²) in [6, 6.07) is 6.72. The van der Waals surface area contributed by atoms with Crippen LogP contribution in [0.5, 0.6) is 0 Å². The molecule has 3 rings (SSSR count). The van der Waals surface area contributed by atoms with E-state index in [4.69, 9.17) is 0 Å². The van der Waals surface area contributed by atoms with Crippen molar-refractivity contribution < 1.29 is 13.6 Å². The molecule has 0 atom stereocenters. The molecule has 0 aliphatic heterocycles. The van der Waals surface area contributed by atoms with Crippen LogP contribution in [0.2, 0.25) is 0 Å². The number of carbonyl (C=O) groups excluding carboxylic acids is 1. The number of hydrogen-bond donors (Lipinski definition) is 2. The third-order valence-corrected chi connectivity index (χ3v) is 3.01. The van der Waals surface area contributed by atoms with Crippen molar-refractivity contribution >= 4 is 11.6 Å². The Labute approximate surface area is 129 Å². The largest absolute Gasteiger partial charge is 0.317 e. The van der Waals surface area contributed by atoms with Crippen molar-refractivity contribution in [2.24, 2.45) is 0 Å². The molecule has 2 N–H and O–H groups in total. The maximum atomic E-state index is 12.3. The summed E-state index contributed by atoms with van der Waals surface area (Å²) in [4.78, 5) is 16.3. The quantitative estimate of drug-likeness (QED) is 0.754. The molecule has 0 saturated heterocycles. The zero-order valence-electron chi connectivity index (χ0n) is 11.8. The van der Waals surface area contributed by atoms with E-state index < -0.39 is 18.9 Å². The minimum Gasteiger partial charge on any atom is -0.317 e. The lowest BCUT2D eigenvalue weighted by Crippen LogP contribution is -2.14. The van der Waals surface area contributed by atoms with E-state index >= 15 is 0 Å². The second kappa shape index (κ2) is 6.34. The molecule has 0 aliphatic rings. The molecular formula is C14H12F2N6O. The van der Waals surface area contributed by atoms with Crippen molar-refractivity contribution in [2.75, 3.05) is 5.32 Å². The topological polar surface area (TPSA) is 88.5 Å². The number of H-pyrrole nitrogens is 1. The van der Waals surface area contributed by atoms with Gasteiger partial charge in [-0.05, 0) is 18.2 Å². The molecule has 23 heavy (non-hydrogen) atoms. The molecule has 0 saturated carbocycles. The maximum absolute atomic E-state index is 12.3. The maximum Gasteiger partial charge on any atom is 0.276 e. The Bertz CT molecular complexity index is 798. The molecule has 0 spiro atoms. The average molecular weight is 318 g/mol. The van der Waals surface area contributed by atoms with E-state index in [0.29, 0.717) is 17.1 Å². The lowest BCUT2D eigenvalue weighted by molar-refractivity contribution is 0.101. The van der Waals surface area contributed by atoms with Crippen LogP contribution < -0.4 is 5.32 Å². The number of carbonyl (C=O) groups is 1. The number of nitrogens with one attached hydrogen (secondary N) is 2. The van der Waals surface area contributed by atoms with Gasteiger partial charge in [-0.2, -0.15) is 10.2 Å². The van der Waals surface area contributed by atoms with Crippen LogP contribution in [0.4, 0.5) is 14.5 Å². The first-order valence-corrected chi connectivity index (χ1v) is 6.71. The minimum atomic E-state index is -2.53. The molecule has 0 fully saturated rings. The van der Waals surface area contributed by atoms with Gasteiger partial charge in [-0.1, -0.05) is 6.07 Å². The first-order chi connectivity index (χ1) is 11.1. The minimum absolute atomic E-state index is 0.0406. The highest BCUT2D eigenvalue weighted by atomic mass is 19.3. The molecule has 1 amide bonds. The predicted octanol–water partition coefficient (Wildman–Crippen LogP) is 2.19. The van der Waals surface area contributed by atoms with Crippen LogP contribution in [0.3, 0.4) is 0 Å². The molecule has 0 aliphatic carbocycles. The van der Waals surface area contributed by atoms with E-state index in [0.717, 1.165) is 4.68 Å². The molecule has 118 valence electrons. The number of amides is 1. The molecule has 3 aromatic heterocycles. The van der Waals surface area contributed by atoms with Gasteiger partial charge in [0.25, 0.3) is 12.3 Å². The summed E-state index contributed by atoms with van der Waals surface area (Å²) in [5.74, 6) is -0.517. The summed E-state index contributed by atoms with van der Waals surface area (Å²) in [7, 11) is 0. The van der Waals surface area contributed by atoms with E-state index in [9.17, 15) is 13.6 Å². The van der Waals surface area contributed by atoms with Gasteiger partial charge < -0.3 is 5.32 Å². The van der Waals surface area contributed by atoms with Crippen molar-refractivity contribution in [3.05, 3.63) is 48.5 Å². The van der Waals surface area contributed by atoms with Gasteiger partial charge in [-0.25, -0.2) is 8.78 Å². The number of pyridine rings is 1. The van der Waals surface area contributed by atoms with Crippen LogP contribution >= 0.6 is 0 Å². The number of alkyl halides is 2. The van der Waals surface area contributed by atoms with Crippen LogP contribution in [0.15, 0.2) is 42.9 Å². The van der Waals surface area contributed by atoms with E-state index in [1.807, 2.05) is 0 Å². The first-order valence-electron chi connectivity index (χ1n) is 6.71. The second-order valence-corrected chi connectivity index (χ2v) is 4.64. The molecule has 3 aromatic rings. The van der Waals surface area contributed by atoms with Gasteiger partial charge in [0, 0.05) is 12.4 Å². The molecule has 9 heteroatoms. The Hall–Kier alpha value is -3.10. The number of hydrogen-bond acceptors (Lipinski definition) is 4. The van der Waals surface area contributed by atoms with Gasteiger partial charge >= 0.3 is 0 Å². The fourth-order valence-corrected chi connectivity index (χ4v) is 2.00. The van der Waals surface area contributed by atoms with E-state index in [1.165, 1.54) is 18.5 Å². The second-order valence-electron chi connectivity index (χ2n) is 4.64. The van der Waals surface area contributed by atoms with E-state index in [2.05, 4.69) is 25.6 Å². The zero-order chi connectivity index (χ0) is 16.2. The smallest absolute Gasteiger partial charge is 0.276 e. The summed E-state index contributed by atoms with van der Waals surface area (Å²) in [5, 5.41) is 13.1. The number of aromatic nitrogens is 5. The highest BCUT2D eigenvalue weighted by molar-refractivity contribution is 6.04. The number of nitrogens with zero attached hydrogens (tertiary/aromatic N) is 4. The monoisotopic (exact) mass is 318 g/mol. The number of halogens is 2. The van der Waals surface area contributed by atoms with Crippen molar-refractivity contribution in [1.82, 2.24) is 25.0 Å². The van der Waals surface area contributed by atoms with Gasteiger partial charge in [-0.15, -0.1) is 0 Å². The molecule has 0 unspecified atom stereocenters. The summed E-state index contributed by atoms with van der Waals surface area (Å²) in [6.07, 6.45) is 1.86. The molecular weight excluding hydrogens is 306 g/mol. The van der Waals surface area contributed by atoms with Gasteiger partial charge in [0.15, 0.2) is 5.69 Å². The number of rotatable bonds is 5. The third kappa shape index (κ3) is 3.39. The van der Waals surface area contributed by atoms with Crippen LogP contribution in [0.25, 0.3) is 11.4 Å². The molecule has 7 nitrogen and oxygen atoms in total. The summed E-state index contributed by atoms with van der Waals surface area (Å²) in [6.45, 7) is -0.557. The fraction of sp³-hybridized carbons (Fsp3) is 0.143. The van der Waals surface area contributed by atoms with E-state index in [-0.39, 0.29) is 5.69 Å². The summed E-state index contributed by atoms with van der Waals surface area (Å²) < 4.78 is 25.6. The van der Waals surface area contributed by atoms with Crippen molar-refractivity contribution in [1.29, 1.82) is 0 Å². The predicted molar refractivity (Wildman–Crippen MR) is 78.0 cm³/mol. The first kappa shape index (κ1) is 14.8. The highest BCUT2D eigenvalue weighted by Crippen LogP contribution is 2.23. The summed E-state index contributed by atoms with van der Waals surface area (Å²) >= 11 is 0. The SMILES string of the molecule is O=C(Nc1cn[nH]c1-c1ccccn1)c1ccn(CC(F)F)n1. The standard InChI is InChI=1S/C14H12F2N6O/c15-12(16)8-22-6-4-10(21-22)14(23)19-11-7-18-20-13(11)9-3-1-2-5-17-9/h1-7,12H,8H2,(H,18,20)(H,19,23). The van der Waals surface area contributed by atoms with Crippen LogP contribution in [-0.2, 0) is 6.54 Å². The molecule has 0 radical (unpaired) electrons. The van der Waals surface area contributed by atoms with Crippen LogP contribution in [0, 0.1) is 0 Å². The third-order valence-electron chi connectivity index (χ3n) is 3.01. The van der Waals surface area contributed by atoms with Crippen molar-refractivity contribution in [2.45, 2.75) is 13.0 Å². The average Bonchev–Trinajstić information content (AvgIpc) is 3.17. The molecule has 0 bridgehead atoms. The Morgan fingerprint density at radius 3 is 2.96 bits per heavy atom. The van der Waals surface area contributed by atoms with Crippen molar-refractivity contribution in [3.63, 3.8) is 0 Å².